The quantitative estimate of drug-likeness (QED) is 0.416. The maximum Gasteiger partial charge on any atom is 0.164 e. The summed E-state index contributed by atoms with van der Waals surface area (Å²) in [6.45, 7) is 1.76. The van der Waals surface area contributed by atoms with Crippen molar-refractivity contribution in [2.24, 2.45) is 23.7 Å². The third-order valence-corrected chi connectivity index (χ3v) is 10.5. The molecule has 0 bridgehead atoms. The van der Waals surface area contributed by atoms with Crippen molar-refractivity contribution in [1.29, 1.82) is 0 Å². The van der Waals surface area contributed by atoms with Crippen LogP contribution in [0.1, 0.15) is 38.5 Å². The van der Waals surface area contributed by atoms with E-state index in [0.29, 0.717) is 34.1 Å². The SMILES string of the molecule is FC1CC2C(C3CCC4C(CCCC4C4CNC(Br)S4)N3)CNC2C(F)C1F. The molecule has 0 aromatic rings. The monoisotopic (exact) mass is 481 g/mol. The molecular weight excluding hydrogens is 451 g/mol. The van der Waals surface area contributed by atoms with E-state index >= 15 is 0 Å². The highest BCUT2D eigenvalue weighted by Crippen LogP contribution is 2.47. The molecule has 3 N–H and O–H groups in total. The Morgan fingerprint density at radius 3 is 2.39 bits per heavy atom. The van der Waals surface area contributed by atoms with Gasteiger partial charge < -0.3 is 10.6 Å². The van der Waals surface area contributed by atoms with Crippen molar-refractivity contribution in [2.75, 3.05) is 13.1 Å². The zero-order valence-electron chi connectivity index (χ0n) is 16.0. The van der Waals surface area contributed by atoms with Gasteiger partial charge in [0, 0.05) is 36.5 Å². The lowest BCUT2D eigenvalue weighted by Gasteiger charge is -2.48. The van der Waals surface area contributed by atoms with E-state index < -0.39 is 24.6 Å². The normalized spacial score (nSPS) is 57.0. The fourth-order valence-corrected chi connectivity index (χ4v) is 9.15. The molecule has 5 rings (SSSR count). The molecule has 5 fully saturated rings. The number of hydrogen-bond donors (Lipinski definition) is 3. The summed E-state index contributed by atoms with van der Waals surface area (Å²) in [6, 6.07) is 0.310. The van der Waals surface area contributed by atoms with Crippen LogP contribution in [0.3, 0.4) is 0 Å². The van der Waals surface area contributed by atoms with Crippen LogP contribution < -0.4 is 16.0 Å². The van der Waals surface area contributed by atoms with Crippen LogP contribution in [0.15, 0.2) is 0 Å². The van der Waals surface area contributed by atoms with E-state index in [2.05, 4.69) is 31.9 Å². The molecule has 5 aliphatic rings. The topological polar surface area (TPSA) is 36.1 Å². The molecule has 0 aromatic carbocycles. The van der Waals surface area contributed by atoms with Crippen LogP contribution in [0.4, 0.5) is 13.2 Å². The molecule has 3 heterocycles. The summed E-state index contributed by atoms with van der Waals surface area (Å²) >= 11 is 5.69. The summed E-state index contributed by atoms with van der Waals surface area (Å²) in [4.78, 5) is 0. The Balaban J connectivity index is 1.25. The molecule has 0 spiro atoms. The molecule has 0 radical (unpaired) electrons. The standard InChI is InChI=1S/C20H31BrF3N3S/c21-20-26-8-16(28-20)10-2-1-3-14-9(10)4-5-15(27-14)12-7-25-19-11(12)6-13(22)17(23)18(19)24/h9-20,25-27H,1-8H2. The van der Waals surface area contributed by atoms with Crippen LogP contribution in [-0.4, -0.2) is 59.3 Å². The lowest BCUT2D eigenvalue weighted by molar-refractivity contribution is -0.00885. The van der Waals surface area contributed by atoms with Crippen molar-refractivity contribution >= 4 is 27.7 Å². The number of hydrogen-bond acceptors (Lipinski definition) is 4. The van der Waals surface area contributed by atoms with Crippen molar-refractivity contribution in [3.05, 3.63) is 0 Å². The Bertz CT molecular complexity index is 575. The molecule has 12 unspecified atom stereocenters. The van der Waals surface area contributed by atoms with Gasteiger partial charge in [0.25, 0.3) is 0 Å². The third-order valence-electron chi connectivity index (χ3n) is 8.22. The molecule has 0 amide bonds. The van der Waals surface area contributed by atoms with Gasteiger partial charge in [0.05, 0.1) is 0 Å². The molecule has 3 aliphatic heterocycles. The van der Waals surface area contributed by atoms with Gasteiger partial charge in [-0.1, -0.05) is 22.4 Å². The molecule has 2 aliphatic carbocycles. The van der Waals surface area contributed by atoms with Crippen LogP contribution in [-0.2, 0) is 0 Å². The summed E-state index contributed by atoms with van der Waals surface area (Å²) in [7, 11) is 0. The van der Waals surface area contributed by atoms with Crippen molar-refractivity contribution in [1.82, 2.24) is 16.0 Å². The van der Waals surface area contributed by atoms with Gasteiger partial charge in [0.1, 0.15) is 16.6 Å². The number of rotatable bonds is 2. The second-order valence-corrected chi connectivity index (χ2v) is 12.4. The molecule has 8 heteroatoms. The van der Waals surface area contributed by atoms with E-state index in [-0.39, 0.29) is 18.3 Å². The fraction of sp³-hybridized carbons (Fsp3) is 1.00. The average Bonchev–Trinajstić information content (AvgIpc) is 3.31. The third kappa shape index (κ3) is 3.57. The predicted molar refractivity (Wildman–Crippen MR) is 111 cm³/mol. The highest BCUT2D eigenvalue weighted by Gasteiger charge is 2.54. The molecule has 160 valence electrons. The van der Waals surface area contributed by atoms with Gasteiger partial charge >= 0.3 is 0 Å². The van der Waals surface area contributed by atoms with E-state index in [1.165, 1.54) is 25.7 Å². The zero-order valence-corrected chi connectivity index (χ0v) is 18.4. The number of alkyl halides is 4. The van der Waals surface area contributed by atoms with Gasteiger partial charge in [0.2, 0.25) is 0 Å². The van der Waals surface area contributed by atoms with Crippen LogP contribution in [0.5, 0.6) is 0 Å². The number of piperidine rings is 1. The number of halogens is 4. The Hall–Kier alpha value is 0.500. The summed E-state index contributed by atoms with van der Waals surface area (Å²) in [6.07, 6.45) is 0.883. The molecular formula is C20H31BrF3N3S. The van der Waals surface area contributed by atoms with E-state index in [0.717, 1.165) is 18.9 Å². The minimum Gasteiger partial charge on any atom is -0.311 e. The van der Waals surface area contributed by atoms with E-state index in [1.54, 1.807) is 0 Å². The fourth-order valence-electron chi connectivity index (χ4n) is 6.90. The highest BCUT2D eigenvalue weighted by molar-refractivity contribution is 9.11. The Kier molecular flexibility index (Phi) is 5.98. The molecule has 28 heavy (non-hydrogen) atoms. The van der Waals surface area contributed by atoms with Crippen LogP contribution in [0.2, 0.25) is 0 Å². The van der Waals surface area contributed by atoms with E-state index in [9.17, 15) is 13.2 Å². The largest absolute Gasteiger partial charge is 0.311 e. The first-order valence-electron chi connectivity index (χ1n) is 11.0. The Labute approximate surface area is 178 Å². The first kappa shape index (κ1) is 20.4. The molecule has 2 saturated carbocycles. The average molecular weight is 482 g/mol. The van der Waals surface area contributed by atoms with Crippen LogP contribution in [0, 0.1) is 23.7 Å². The van der Waals surface area contributed by atoms with Gasteiger partial charge in [0.15, 0.2) is 6.17 Å². The number of nitrogens with one attached hydrogen (secondary N) is 3. The van der Waals surface area contributed by atoms with E-state index in [1.807, 2.05) is 11.8 Å². The van der Waals surface area contributed by atoms with Crippen molar-refractivity contribution < 1.29 is 13.2 Å². The van der Waals surface area contributed by atoms with Crippen LogP contribution >= 0.6 is 27.7 Å². The summed E-state index contributed by atoms with van der Waals surface area (Å²) in [5.41, 5.74) is 0. The van der Waals surface area contributed by atoms with Crippen molar-refractivity contribution in [3.63, 3.8) is 0 Å². The first-order valence-corrected chi connectivity index (χ1v) is 12.8. The minimum absolute atomic E-state index is 0.0887. The second kappa shape index (κ2) is 8.21. The van der Waals surface area contributed by atoms with E-state index in [4.69, 9.17) is 0 Å². The smallest absolute Gasteiger partial charge is 0.164 e. The molecule has 12 atom stereocenters. The van der Waals surface area contributed by atoms with Gasteiger partial charge in [-0.15, -0.1) is 11.8 Å². The summed E-state index contributed by atoms with van der Waals surface area (Å²) in [5, 5.41) is 11.3. The maximum atomic E-state index is 14.3. The molecule has 3 nitrogen and oxygen atoms in total. The summed E-state index contributed by atoms with van der Waals surface area (Å²) in [5.74, 6) is 1.57. The lowest BCUT2D eigenvalue weighted by Crippen LogP contribution is -2.57. The number of fused-ring (bicyclic) bond motifs is 2. The Morgan fingerprint density at radius 2 is 1.61 bits per heavy atom. The zero-order chi connectivity index (χ0) is 19.4. The first-order chi connectivity index (χ1) is 13.5. The predicted octanol–water partition coefficient (Wildman–Crippen LogP) is 3.53. The highest BCUT2D eigenvalue weighted by atomic mass is 79.9. The summed E-state index contributed by atoms with van der Waals surface area (Å²) < 4.78 is 42.6. The van der Waals surface area contributed by atoms with Gasteiger partial charge in [-0.2, -0.15) is 0 Å². The molecule has 3 saturated heterocycles. The maximum absolute atomic E-state index is 14.3. The number of thioether (sulfide) groups is 1. The van der Waals surface area contributed by atoms with Crippen molar-refractivity contribution in [2.45, 2.75) is 84.7 Å². The minimum atomic E-state index is -1.97. The van der Waals surface area contributed by atoms with Crippen molar-refractivity contribution in [3.8, 4) is 0 Å². The van der Waals surface area contributed by atoms with Gasteiger partial charge in [-0.25, -0.2) is 13.2 Å². The lowest BCUT2D eigenvalue weighted by atomic mass is 9.66. The second-order valence-electron chi connectivity index (χ2n) is 9.52. The van der Waals surface area contributed by atoms with Crippen LogP contribution in [0.25, 0.3) is 0 Å². The van der Waals surface area contributed by atoms with Gasteiger partial charge in [-0.05, 0) is 55.8 Å². The molecule has 0 aromatic heterocycles. The van der Waals surface area contributed by atoms with Gasteiger partial charge in [-0.3, -0.25) is 5.32 Å². The Morgan fingerprint density at radius 1 is 0.786 bits per heavy atom.